The maximum absolute atomic E-state index is 12.4. The maximum atomic E-state index is 12.4. The smallest absolute Gasteiger partial charge is 0.285 e. The monoisotopic (exact) mass is 441 g/mol. The predicted octanol–water partition coefficient (Wildman–Crippen LogP) is 4.33. The zero-order chi connectivity index (χ0) is 21.5. The SMILES string of the molecule is CCc1ccccc1-n1cnnc1SCC(=O)Nc1ccc(SC(=O)N(C)C)cc1. The minimum Gasteiger partial charge on any atom is -0.339 e. The molecule has 9 heteroatoms. The Morgan fingerprint density at radius 3 is 2.53 bits per heavy atom. The molecule has 0 saturated carbocycles. The maximum Gasteiger partial charge on any atom is 0.285 e. The van der Waals surface area contributed by atoms with Crippen LogP contribution >= 0.6 is 23.5 Å². The Morgan fingerprint density at radius 1 is 1.10 bits per heavy atom. The summed E-state index contributed by atoms with van der Waals surface area (Å²) in [5, 5.41) is 11.7. The molecule has 0 aliphatic heterocycles. The number of hydrogen-bond donors (Lipinski definition) is 1. The van der Waals surface area contributed by atoms with E-state index in [9.17, 15) is 9.59 Å². The van der Waals surface area contributed by atoms with Gasteiger partial charge in [0.15, 0.2) is 5.16 Å². The summed E-state index contributed by atoms with van der Waals surface area (Å²) < 4.78 is 1.91. The Hall–Kier alpha value is -2.78. The number of rotatable bonds is 7. The average molecular weight is 442 g/mol. The van der Waals surface area contributed by atoms with E-state index >= 15 is 0 Å². The van der Waals surface area contributed by atoms with E-state index in [-0.39, 0.29) is 16.9 Å². The van der Waals surface area contributed by atoms with Gasteiger partial charge in [-0.2, -0.15) is 0 Å². The Kier molecular flexibility index (Phi) is 7.53. The van der Waals surface area contributed by atoms with Crippen LogP contribution in [0.5, 0.6) is 0 Å². The van der Waals surface area contributed by atoms with E-state index in [0.717, 1.165) is 28.8 Å². The van der Waals surface area contributed by atoms with Gasteiger partial charge in [0, 0.05) is 24.7 Å². The summed E-state index contributed by atoms with van der Waals surface area (Å²) >= 11 is 2.48. The molecule has 1 heterocycles. The fourth-order valence-corrected chi connectivity index (χ4v) is 4.04. The molecule has 0 radical (unpaired) electrons. The fraction of sp³-hybridized carbons (Fsp3) is 0.238. The molecule has 156 valence electrons. The zero-order valence-electron chi connectivity index (χ0n) is 17.0. The first-order valence-electron chi connectivity index (χ1n) is 9.38. The average Bonchev–Trinajstić information content (AvgIpc) is 3.22. The molecule has 0 atom stereocenters. The van der Waals surface area contributed by atoms with Gasteiger partial charge in [-0.1, -0.05) is 36.9 Å². The van der Waals surface area contributed by atoms with Crippen molar-refractivity contribution in [3.8, 4) is 5.69 Å². The van der Waals surface area contributed by atoms with Crippen molar-refractivity contribution in [2.24, 2.45) is 0 Å². The van der Waals surface area contributed by atoms with Crippen LogP contribution < -0.4 is 5.32 Å². The molecule has 3 rings (SSSR count). The van der Waals surface area contributed by atoms with Crippen LogP contribution in [0.1, 0.15) is 12.5 Å². The van der Waals surface area contributed by atoms with Crippen molar-refractivity contribution in [3.63, 3.8) is 0 Å². The van der Waals surface area contributed by atoms with Crippen LogP contribution in [-0.2, 0) is 11.2 Å². The third-order valence-corrected chi connectivity index (χ3v) is 6.18. The highest BCUT2D eigenvalue weighted by molar-refractivity contribution is 8.13. The summed E-state index contributed by atoms with van der Waals surface area (Å²) in [5.74, 6) is 0.0749. The second-order valence-corrected chi connectivity index (χ2v) is 8.56. The topological polar surface area (TPSA) is 80.1 Å². The number of para-hydroxylation sites is 1. The van der Waals surface area contributed by atoms with E-state index in [1.165, 1.54) is 22.2 Å². The normalized spacial score (nSPS) is 10.6. The molecule has 1 aromatic heterocycles. The molecular weight excluding hydrogens is 418 g/mol. The van der Waals surface area contributed by atoms with Gasteiger partial charge in [0.05, 0.1) is 11.4 Å². The van der Waals surface area contributed by atoms with E-state index in [1.54, 1.807) is 32.6 Å². The van der Waals surface area contributed by atoms with Crippen LogP contribution in [-0.4, -0.2) is 50.7 Å². The molecule has 0 unspecified atom stereocenters. The van der Waals surface area contributed by atoms with Gasteiger partial charge >= 0.3 is 0 Å². The first-order valence-corrected chi connectivity index (χ1v) is 11.2. The van der Waals surface area contributed by atoms with Crippen molar-refractivity contribution >= 4 is 40.4 Å². The van der Waals surface area contributed by atoms with Crippen molar-refractivity contribution in [1.82, 2.24) is 19.7 Å². The summed E-state index contributed by atoms with van der Waals surface area (Å²) in [6.45, 7) is 2.10. The molecule has 3 aromatic rings. The summed E-state index contributed by atoms with van der Waals surface area (Å²) in [6.07, 6.45) is 2.56. The van der Waals surface area contributed by atoms with Gasteiger partial charge in [0.1, 0.15) is 6.33 Å². The molecule has 2 aromatic carbocycles. The van der Waals surface area contributed by atoms with E-state index in [0.29, 0.717) is 10.8 Å². The summed E-state index contributed by atoms with van der Waals surface area (Å²) in [6, 6.07) is 15.3. The van der Waals surface area contributed by atoms with Crippen molar-refractivity contribution in [1.29, 1.82) is 0 Å². The van der Waals surface area contributed by atoms with Crippen LogP contribution in [0.15, 0.2) is 64.9 Å². The Labute approximate surface area is 184 Å². The Morgan fingerprint density at radius 2 is 1.83 bits per heavy atom. The molecule has 0 aliphatic carbocycles. The molecule has 2 amide bonds. The van der Waals surface area contributed by atoms with Crippen molar-refractivity contribution < 1.29 is 9.59 Å². The standard InChI is InChI=1S/C21H23N5O2S2/c1-4-15-7-5-6-8-18(15)26-14-22-24-20(26)29-13-19(27)23-16-9-11-17(12-10-16)30-21(28)25(2)3/h5-12,14H,4,13H2,1-3H3,(H,23,27). The number of anilines is 1. The van der Waals surface area contributed by atoms with E-state index < -0.39 is 0 Å². The molecule has 0 aliphatic rings. The van der Waals surface area contributed by atoms with Gasteiger partial charge in [0.2, 0.25) is 5.91 Å². The van der Waals surface area contributed by atoms with Crippen molar-refractivity contribution in [2.75, 3.05) is 25.2 Å². The van der Waals surface area contributed by atoms with Crippen LogP contribution in [0.3, 0.4) is 0 Å². The second-order valence-electron chi connectivity index (χ2n) is 6.59. The van der Waals surface area contributed by atoms with Crippen LogP contribution in [0.2, 0.25) is 0 Å². The molecule has 30 heavy (non-hydrogen) atoms. The highest BCUT2D eigenvalue weighted by Crippen LogP contribution is 2.24. The van der Waals surface area contributed by atoms with Gasteiger partial charge in [-0.15, -0.1) is 10.2 Å². The molecule has 0 spiro atoms. The lowest BCUT2D eigenvalue weighted by atomic mass is 10.1. The lowest BCUT2D eigenvalue weighted by Crippen LogP contribution is -2.16. The van der Waals surface area contributed by atoms with Crippen LogP contribution in [0, 0.1) is 0 Å². The molecule has 0 fully saturated rings. The minimum absolute atomic E-state index is 0.0445. The van der Waals surface area contributed by atoms with Gasteiger partial charge in [-0.25, -0.2) is 0 Å². The summed E-state index contributed by atoms with van der Waals surface area (Å²) in [5.41, 5.74) is 2.89. The van der Waals surface area contributed by atoms with Crippen LogP contribution in [0.25, 0.3) is 5.69 Å². The number of aryl methyl sites for hydroxylation is 1. The Bertz CT molecular complexity index is 1020. The number of hydrogen-bond acceptors (Lipinski definition) is 6. The minimum atomic E-state index is -0.136. The number of aromatic nitrogens is 3. The number of benzene rings is 2. The predicted molar refractivity (Wildman–Crippen MR) is 121 cm³/mol. The first kappa shape index (κ1) is 21.9. The van der Waals surface area contributed by atoms with Crippen molar-refractivity contribution in [2.45, 2.75) is 23.4 Å². The van der Waals surface area contributed by atoms with Gasteiger partial charge in [0.25, 0.3) is 5.24 Å². The fourth-order valence-electron chi connectivity index (χ4n) is 2.66. The number of carbonyl (C=O) groups excluding carboxylic acids is 2. The molecule has 7 nitrogen and oxygen atoms in total. The number of carbonyl (C=O) groups is 2. The lowest BCUT2D eigenvalue weighted by Gasteiger charge is -2.11. The zero-order valence-corrected chi connectivity index (χ0v) is 18.7. The first-order chi connectivity index (χ1) is 14.5. The number of nitrogens with one attached hydrogen (secondary N) is 1. The van der Waals surface area contributed by atoms with E-state index in [4.69, 9.17) is 0 Å². The largest absolute Gasteiger partial charge is 0.339 e. The molecule has 0 bridgehead atoms. The van der Waals surface area contributed by atoms with Gasteiger partial charge in [-0.05, 0) is 54.1 Å². The van der Waals surface area contributed by atoms with E-state index in [2.05, 4.69) is 28.5 Å². The molecule has 1 N–H and O–H groups in total. The number of nitrogens with zero attached hydrogens (tertiary/aromatic N) is 4. The summed E-state index contributed by atoms with van der Waals surface area (Å²) in [4.78, 5) is 26.5. The highest BCUT2D eigenvalue weighted by Gasteiger charge is 2.13. The molecular formula is C21H23N5O2S2. The third kappa shape index (κ3) is 5.64. The summed E-state index contributed by atoms with van der Waals surface area (Å²) in [7, 11) is 3.42. The lowest BCUT2D eigenvalue weighted by molar-refractivity contribution is -0.113. The quantitative estimate of drug-likeness (QED) is 0.550. The number of amides is 2. The van der Waals surface area contributed by atoms with Gasteiger partial charge in [-0.3, -0.25) is 14.2 Å². The van der Waals surface area contributed by atoms with Crippen molar-refractivity contribution in [3.05, 3.63) is 60.4 Å². The number of thioether (sulfide) groups is 2. The second kappa shape index (κ2) is 10.3. The molecule has 0 saturated heterocycles. The van der Waals surface area contributed by atoms with Gasteiger partial charge < -0.3 is 10.2 Å². The highest BCUT2D eigenvalue weighted by atomic mass is 32.2. The Balaban J connectivity index is 1.58. The van der Waals surface area contributed by atoms with E-state index in [1.807, 2.05) is 34.9 Å². The third-order valence-electron chi connectivity index (χ3n) is 4.19. The van der Waals surface area contributed by atoms with Crippen LogP contribution in [0.4, 0.5) is 10.5 Å².